The summed E-state index contributed by atoms with van der Waals surface area (Å²) >= 11 is 1.78. The number of carbonyl (C=O) groups excluding carboxylic acids is 1. The molecule has 1 aliphatic heterocycles. The Hall–Kier alpha value is -2.19. The highest BCUT2D eigenvalue weighted by Crippen LogP contribution is 2.26. The average Bonchev–Trinajstić information content (AvgIpc) is 3.08. The molecule has 0 aliphatic carbocycles. The first-order chi connectivity index (χ1) is 12.6. The lowest BCUT2D eigenvalue weighted by Gasteiger charge is -2.26. The predicted molar refractivity (Wildman–Crippen MR) is 95.3 cm³/mol. The van der Waals surface area contributed by atoms with Crippen LogP contribution in [0.4, 0.5) is 8.78 Å². The highest BCUT2D eigenvalue weighted by atomic mass is 32.1. The summed E-state index contributed by atoms with van der Waals surface area (Å²) < 4.78 is 34.6. The average molecular weight is 382 g/mol. The molecule has 1 aliphatic rings. The van der Waals surface area contributed by atoms with Gasteiger partial charge in [-0.1, -0.05) is 0 Å². The van der Waals surface area contributed by atoms with Crippen molar-refractivity contribution in [2.45, 2.75) is 19.6 Å². The van der Waals surface area contributed by atoms with Crippen LogP contribution in [0.15, 0.2) is 29.6 Å². The number of thiophene rings is 1. The van der Waals surface area contributed by atoms with Gasteiger partial charge in [0.2, 0.25) is 0 Å². The van der Waals surface area contributed by atoms with Crippen LogP contribution >= 0.6 is 11.3 Å². The van der Waals surface area contributed by atoms with Crippen molar-refractivity contribution < 1.29 is 23.0 Å². The summed E-state index contributed by atoms with van der Waals surface area (Å²) in [7, 11) is 1.42. The van der Waals surface area contributed by atoms with Crippen LogP contribution in [0.3, 0.4) is 0 Å². The molecule has 0 fully saturated rings. The van der Waals surface area contributed by atoms with Crippen LogP contribution in [-0.2, 0) is 13.0 Å². The van der Waals surface area contributed by atoms with Gasteiger partial charge >= 0.3 is 6.61 Å². The number of hydrogen-bond donors (Lipinski definition) is 1. The number of nitrogens with one attached hydrogen (secondary N) is 1. The van der Waals surface area contributed by atoms with Crippen LogP contribution in [0.25, 0.3) is 0 Å². The van der Waals surface area contributed by atoms with E-state index >= 15 is 0 Å². The topological polar surface area (TPSA) is 50.8 Å². The lowest BCUT2D eigenvalue weighted by Crippen LogP contribution is -2.37. The van der Waals surface area contributed by atoms with Gasteiger partial charge in [-0.15, -0.1) is 11.3 Å². The van der Waals surface area contributed by atoms with Crippen LogP contribution in [0, 0.1) is 0 Å². The van der Waals surface area contributed by atoms with Gasteiger partial charge in [0, 0.05) is 37.1 Å². The number of methoxy groups -OCH3 is 1. The van der Waals surface area contributed by atoms with Gasteiger partial charge < -0.3 is 14.8 Å². The summed E-state index contributed by atoms with van der Waals surface area (Å²) in [5.41, 5.74) is 1.40. The van der Waals surface area contributed by atoms with E-state index in [-0.39, 0.29) is 11.3 Å². The highest BCUT2D eigenvalue weighted by Gasteiger charge is 2.19. The summed E-state index contributed by atoms with van der Waals surface area (Å²) in [5, 5.41) is 4.87. The number of alkyl halides is 2. The summed E-state index contributed by atoms with van der Waals surface area (Å²) in [4.78, 5) is 16.0. The molecule has 5 nitrogen and oxygen atoms in total. The van der Waals surface area contributed by atoms with Crippen molar-refractivity contribution in [1.82, 2.24) is 10.2 Å². The Kier molecular flexibility index (Phi) is 6.05. The quantitative estimate of drug-likeness (QED) is 0.799. The van der Waals surface area contributed by atoms with Crippen molar-refractivity contribution >= 4 is 17.2 Å². The van der Waals surface area contributed by atoms with Gasteiger partial charge in [-0.25, -0.2) is 0 Å². The largest absolute Gasteiger partial charge is 0.497 e. The monoisotopic (exact) mass is 382 g/mol. The molecule has 1 amide bonds. The first kappa shape index (κ1) is 18.6. The molecule has 1 aromatic carbocycles. The second-order valence-electron chi connectivity index (χ2n) is 5.89. The zero-order chi connectivity index (χ0) is 18.5. The highest BCUT2D eigenvalue weighted by molar-refractivity contribution is 7.10. The lowest BCUT2D eigenvalue weighted by molar-refractivity contribution is -0.0502. The van der Waals surface area contributed by atoms with E-state index in [4.69, 9.17) is 4.74 Å². The van der Waals surface area contributed by atoms with Crippen molar-refractivity contribution in [1.29, 1.82) is 0 Å². The molecular weight excluding hydrogens is 362 g/mol. The number of rotatable bonds is 7. The maximum Gasteiger partial charge on any atom is 0.387 e. The fourth-order valence-corrected chi connectivity index (χ4v) is 3.82. The Morgan fingerprint density at radius 1 is 1.38 bits per heavy atom. The second kappa shape index (κ2) is 8.46. The maximum atomic E-state index is 12.6. The van der Waals surface area contributed by atoms with Crippen molar-refractivity contribution in [2.75, 3.05) is 26.7 Å². The zero-order valence-corrected chi connectivity index (χ0v) is 15.2. The van der Waals surface area contributed by atoms with Crippen LogP contribution in [0.1, 0.15) is 20.8 Å². The molecule has 0 radical (unpaired) electrons. The molecule has 0 spiro atoms. The van der Waals surface area contributed by atoms with Gasteiger partial charge in [-0.3, -0.25) is 9.69 Å². The number of nitrogens with zero attached hydrogens (tertiary/aromatic N) is 1. The van der Waals surface area contributed by atoms with Crippen LogP contribution in [0.2, 0.25) is 0 Å². The Bertz CT molecular complexity index is 767. The Morgan fingerprint density at radius 2 is 2.23 bits per heavy atom. The van der Waals surface area contributed by atoms with E-state index in [1.54, 1.807) is 11.3 Å². The smallest absolute Gasteiger partial charge is 0.387 e. The molecule has 0 atom stereocenters. The Morgan fingerprint density at radius 3 is 3.00 bits per heavy atom. The molecule has 8 heteroatoms. The molecule has 2 aromatic rings. The third-order valence-corrected chi connectivity index (χ3v) is 5.27. The predicted octanol–water partition coefficient (Wildman–Crippen LogP) is 3.15. The van der Waals surface area contributed by atoms with Gasteiger partial charge in [0.05, 0.1) is 12.7 Å². The molecule has 0 bridgehead atoms. The van der Waals surface area contributed by atoms with Crippen LogP contribution < -0.4 is 14.8 Å². The molecular formula is C18H20F2N2O3S. The number of hydrogen-bond acceptors (Lipinski definition) is 5. The third kappa shape index (κ3) is 4.50. The fraction of sp³-hybridized carbons (Fsp3) is 0.389. The molecule has 140 valence electrons. The first-order valence-corrected chi connectivity index (χ1v) is 9.13. The van der Waals surface area contributed by atoms with Crippen LogP contribution in [0.5, 0.6) is 11.5 Å². The van der Waals surface area contributed by atoms with E-state index in [0.717, 1.165) is 19.5 Å². The van der Waals surface area contributed by atoms with Crippen molar-refractivity contribution in [3.63, 3.8) is 0 Å². The molecule has 0 unspecified atom stereocenters. The second-order valence-corrected chi connectivity index (χ2v) is 6.89. The van der Waals surface area contributed by atoms with E-state index in [0.29, 0.717) is 18.8 Å². The molecule has 1 N–H and O–H groups in total. The van der Waals surface area contributed by atoms with E-state index in [1.807, 2.05) is 0 Å². The van der Waals surface area contributed by atoms with Gasteiger partial charge in [0.1, 0.15) is 11.5 Å². The summed E-state index contributed by atoms with van der Waals surface area (Å²) in [6, 6.07) is 6.38. The van der Waals surface area contributed by atoms with Crippen molar-refractivity contribution in [3.05, 3.63) is 45.6 Å². The summed E-state index contributed by atoms with van der Waals surface area (Å²) in [5.74, 6) is -0.300. The van der Waals surface area contributed by atoms with Crippen LogP contribution in [-0.4, -0.2) is 44.2 Å². The minimum absolute atomic E-state index is 0.0601. The van der Waals surface area contributed by atoms with Gasteiger partial charge in [-0.2, -0.15) is 8.78 Å². The summed E-state index contributed by atoms with van der Waals surface area (Å²) in [6.07, 6.45) is 1.02. The minimum Gasteiger partial charge on any atom is -0.497 e. The number of fused-ring (bicyclic) bond motifs is 1. The normalized spacial score (nSPS) is 14.2. The molecule has 26 heavy (non-hydrogen) atoms. The van der Waals surface area contributed by atoms with E-state index < -0.39 is 12.5 Å². The minimum atomic E-state index is -3.01. The molecule has 0 saturated heterocycles. The number of halogens is 2. The lowest BCUT2D eigenvalue weighted by atomic mass is 10.1. The molecule has 2 heterocycles. The molecule has 3 rings (SSSR count). The van der Waals surface area contributed by atoms with Crippen molar-refractivity contribution in [2.24, 2.45) is 0 Å². The van der Waals surface area contributed by atoms with Gasteiger partial charge in [-0.05, 0) is 35.6 Å². The van der Waals surface area contributed by atoms with Gasteiger partial charge in [0.25, 0.3) is 5.91 Å². The van der Waals surface area contributed by atoms with Gasteiger partial charge in [0.15, 0.2) is 0 Å². The Labute approximate surface area is 154 Å². The van der Waals surface area contributed by atoms with E-state index in [2.05, 4.69) is 26.4 Å². The Balaban J connectivity index is 1.56. The van der Waals surface area contributed by atoms with E-state index in [9.17, 15) is 13.6 Å². The number of amides is 1. The standard InChI is InChI=1S/C18H20F2N2O3S/c1-24-13-2-3-14(15(10-13)25-18(19)20)17(23)21-6-8-22-7-4-16-12(11-22)5-9-26-16/h2-3,5,9-10,18H,4,6-8,11H2,1H3,(H,21,23). The zero-order valence-electron chi connectivity index (χ0n) is 14.3. The van der Waals surface area contributed by atoms with E-state index in [1.165, 1.54) is 35.7 Å². The SMILES string of the molecule is COc1ccc(C(=O)NCCN2CCc3sccc3C2)c(OC(F)F)c1. The summed E-state index contributed by atoms with van der Waals surface area (Å²) in [6.45, 7) is -0.0645. The number of carbonyl (C=O) groups is 1. The third-order valence-electron chi connectivity index (χ3n) is 4.25. The number of ether oxygens (including phenoxy) is 2. The maximum absolute atomic E-state index is 12.6. The fourth-order valence-electron chi connectivity index (χ4n) is 2.93. The molecule has 1 aromatic heterocycles. The molecule has 0 saturated carbocycles. The first-order valence-electron chi connectivity index (χ1n) is 8.25. The number of benzene rings is 1. The van der Waals surface area contributed by atoms with Crippen molar-refractivity contribution in [3.8, 4) is 11.5 Å².